The van der Waals surface area contributed by atoms with Crippen molar-refractivity contribution in [2.24, 2.45) is 10.9 Å². The minimum atomic E-state index is -0.422. The number of hydrogen-bond donors (Lipinski definition) is 2. The number of benzene rings is 1. The first kappa shape index (κ1) is 16.8. The molecule has 2 aromatic rings. The molecular formula is C19H25N3OS. The first-order valence-corrected chi connectivity index (χ1v) is 9.80. The van der Waals surface area contributed by atoms with Gasteiger partial charge in [-0.15, -0.1) is 0 Å². The third-order valence-corrected chi connectivity index (χ3v) is 6.88. The summed E-state index contributed by atoms with van der Waals surface area (Å²) in [6.07, 6.45) is 1.92. The largest absolute Gasteiger partial charge is 0.497 e. The number of aliphatic imine (C=N–C) groups is 1. The van der Waals surface area contributed by atoms with Crippen molar-refractivity contribution in [1.29, 1.82) is 0 Å². The Morgan fingerprint density at radius 2 is 1.88 bits per heavy atom. The highest BCUT2D eigenvalue weighted by Gasteiger charge is 2.30. The lowest BCUT2D eigenvalue weighted by molar-refractivity contribution is 0.414. The topological polar surface area (TPSA) is 60.5 Å². The molecule has 0 fully saturated rings. The van der Waals surface area contributed by atoms with Crippen LogP contribution in [0.2, 0.25) is 0 Å². The molecule has 1 aliphatic heterocycles. The molecule has 1 aliphatic rings. The third kappa shape index (κ3) is 3.41. The standard InChI is InChI=1S/C19H25N3OS/c1-13(2)18(14-4-6-15(23-3)7-5-14)19-21-10-11-24(19)16-8-9-17(20)22-12-16/h4-9,12-13,18,24H,10-11H2,1-3H3,(H2,20,22). The van der Waals surface area contributed by atoms with Crippen LogP contribution in [0.5, 0.6) is 5.75 Å². The van der Waals surface area contributed by atoms with E-state index in [0.29, 0.717) is 17.7 Å². The fraction of sp³-hybridized carbons (Fsp3) is 0.368. The van der Waals surface area contributed by atoms with Crippen LogP contribution in [0.3, 0.4) is 0 Å². The Morgan fingerprint density at radius 3 is 2.46 bits per heavy atom. The molecule has 2 N–H and O–H groups in total. The normalized spacial score (nSPS) is 20.0. The van der Waals surface area contributed by atoms with Gasteiger partial charge in [-0.3, -0.25) is 4.99 Å². The van der Waals surface area contributed by atoms with Crippen molar-refractivity contribution in [2.45, 2.75) is 24.7 Å². The Bertz CT molecular complexity index is 710. The number of anilines is 1. The van der Waals surface area contributed by atoms with Crippen LogP contribution in [0, 0.1) is 5.92 Å². The smallest absolute Gasteiger partial charge is 0.123 e. The molecule has 24 heavy (non-hydrogen) atoms. The lowest BCUT2D eigenvalue weighted by Crippen LogP contribution is -2.17. The third-order valence-electron chi connectivity index (χ3n) is 4.38. The number of hydrogen-bond acceptors (Lipinski definition) is 4. The van der Waals surface area contributed by atoms with Crippen LogP contribution in [-0.2, 0) is 0 Å². The number of rotatable bonds is 5. The predicted octanol–water partition coefficient (Wildman–Crippen LogP) is 3.88. The molecule has 1 aromatic carbocycles. The molecule has 2 unspecified atom stereocenters. The van der Waals surface area contributed by atoms with Gasteiger partial charge in [0.25, 0.3) is 0 Å². The maximum absolute atomic E-state index is 5.74. The molecule has 128 valence electrons. The molecule has 2 heterocycles. The maximum atomic E-state index is 5.74. The zero-order chi connectivity index (χ0) is 17.1. The van der Waals surface area contributed by atoms with E-state index < -0.39 is 10.9 Å². The first-order valence-electron chi connectivity index (χ1n) is 8.27. The molecule has 0 bridgehead atoms. The van der Waals surface area contributed by atoms with Gasteiger partial charge in [-0.05, 0) is 35.7 Å². The van der Waals surface area contributed by atoms with Crippen LogP contribution >= 0.6 is 10.9 Å². The lowest BCUT2D eigenvalue weighted by atomic mass is 9.89. The summed E-state index contributed by atoms with van der Waals surface area (Å²) in [4.78, 5) is 10.5. The van der Waals surface area contributed by atoms with E-state index >= 15 is 0 Å². The van der Waals surface area contributed by atoms with Gasteiger partial charge in [-0.1, -0.05) is 26.0 Å². The Labute approximate surface area is 146 Å². The number of aromatic nitrogens is 1. The molecule has 1 aromatic heterocycles. The molecule has 0 radical (unpaired) electrons. The maximum Gasteiger partial charge on any atom is 0.123 e. The Balaban J connectivity index is 1.93. The minimum Gasteiger partial charge on any atom is -0.497 e. The van der Waals surface area contributed by atoms with Gasteiger partial charge in [0.05, 0.1) is 12.2 Å². The SMILES string of the molecule is COc1ccc(C(C2=NCC[SH]2c2ccc(N)nc2)C(C)C)cc1. The van der Waals surface area contributed by atoms with Gasteiger partial charge in [0, 0.05) is 29.3 Å². The lowest BCUT2D eigenvalue weighted by Gasteiger charge is -2.28. The summed E-state index contributed by atoms with van der Waals surface area (Å²) in [5, 5.41) is 1.33. The van der Waals surface area contributed by atoms with Gasteiger partial charge < -0.3 is 10.5 Å². The second kappa shape index (κ2) is 7.26. The van der Waals surface area contributed by atoms with Crippen molar-refractivity contribution in [3.8, 4) is 5.75 Å². The number of thiol groups is 1. The number of methoxy groups -OCH3 is 1. The summed E-state index contributed by atoms with van der Waals surface area (Å²) in [5.74, 6) is 3.39. The molecule has 4 nitrogen and oxygen atoms in total. The second-order valence-corrected chi connectivity index (χ2v) is 8.61. The molecule has 3 rings (SSSR count). The molecule has 0 spiro atoms. The molecule has 0 saturated heterocycles. The van der Waals surface area contributed by atoms with Crippen LogP contribution in [0.15, 0.2) is 52.5 Å². The minimum absolute atomic E-state index is 0.335. The van der Waals surface area contributed by atoms with E-state index in [-0.39, 0.29) is 0 Å². The molecule has 5 heteroatoms. The number of nitrogen functional groups attached to an aromatic ring is 1. The summed E-state index contributed by atoms with van der Waals surface area (Å²) in [7, 11) is 1.28. The fourth-order valence-electron chi connectivity index (χ4n) is 3.19. The van der Waals surface area contributed by atoms with Crippen molar-refractivity contribution in [3.05, 3.63) is 48.2 Å². The zero-order valence-corrected chi connectivity index (χ0v) is 15.3. The Kier molecular flexibility index (Phi) is 5.09. The number of nitrogens with two attached hydrogens (primary N) is 1. The fourth-order valence-corrected chi connectivity index (χ4v) is 5.75. The van der Waals surface area contributed by atoms with E-state index in [1.54, 1.807) is 7.11 Å². The van der Waals surface area contributed by atoms with Gasteiger partial charge in [0.2, 0.25) is 0 Å². The van der Waals surface area contributed by atoms with Crippen LogP contribution in [-0.4, -0.2) is 29.4 Å². The van der Waals surface area contributed by atoms with E-state index in [4.69, 9.17) is 15.5 Å². The average molecular weight is 343 g/mol. The van der Waals surface area contributed by atoms with E-state index in [2.05, 4.69) is 37.0 Å². The molecule has 0 saturated carbocycles. The Morgan fingerprint density at radius 1 is 1.12 bits per heavy atom. The summed E-state index contributed by atoms with van der Waals surface area (Å²) >= 11 is 0. The van der Waals surface area contributed by atoms with Gasteiger partial charge in [0.1, 0.15) is 11.6 Å². The van der Waals surface area contributed by atoms with Crippen LogP contribution in [0.1, 0.15) is 25.3 Å². The molecule has 0 amide bonds. The summed E-state index contributed by atoms with van der Waals surface area (Å²) in [6.45, 7) is 5.44. The Hall–Kier alpha value is -2.01. The van der Waals surface area contributed by atoms with Crippen molar-refractivity contribution in [2.75, 3.05) is 25.1 Å². The van der Waals surface area contributed by atoms with Crippen molar-refractivity contribution < 1.29 is 4.74 Å². The molecule has 2 atom stereocenters. The highest BCUT2D eigenvalue weighted by atomic mass is 32.2. The molecule has 0 aliphatic carbocycles. The second-order valence-electron chi connectivity index (χ2n) is 6.33. The molecular weight excluding hydrogens is 318 g/mol. The quantitative estimate of drug-likeness (QED) is 0.810. The van der Waals surface area contributed by atoms with Crippen molar-refractivity contribution >= 4 is 21.8 Å². The zero-order valence-electron chi connectivity index (χ0n) is 14.4. The van der Waals surface area contributed by atoms with E-state index in [1.165, 1.54) is 15.5 Å². The number of ether oxygens (including phenoxy) is 1. The van der Waals surface area contributed by atoms with Crippen molar-refractivity contribution in [3.63, 3.8) is 0 Å². The first-order chi connectivity index (χ1) is 11.6. The van der Waals surface area contributed by atoms with Crippen LogP contribution in [0.25, 0.3) is 0 Å². The van der Waals surface area contributed by atoms with Crippen LogP contribution in [0.4, 0.5) is 5.82 Å². The van der Waals surface area contributed by atoms with Gasteiger partial charge in [-0.25, -0.2) is 4.98 Å². The van der Waals surface area contributed by atoms with Gasteiger partial charge in [0.15, 0.2) is 0 Å². The average Bonchev–Trinajstić information content (AvgIpc) is 3.05. The van der Waals surface area contributed by atoms with E-state index in [1.807, 2.05) is 24.4 Å². The van der Waals surface area contributed by atoms with Gasteiger partial charge >= 0.3 is 0 Å². The van der Waals surface area contributed by atoms with E-state index in [9.17, 15) is 0 Å². The van der Waals surface area contributed by atoms with Gasteiger partial charge in [-0.2, -0.15) is 10.9 Å². The summed E-state index contributed by atoms with van der Waals surface area (Å²) < 4.78 is 5.29. The monoisotopic (exact) mass is 343 g/mol. The highest BCUT2D eigenvalue weighted by Crippen LogP contribution is 2.47. The summed E-state index contributed by atoms with van der Waals surface area (Å²) in [5.41, 5.74) is 7.05. The predicted molar refractivity (Wildman–Crippen MR) is 104 cm³/mol. The van der Waals surface area contributed by atoms with Crippen molar-refractivity contribution in [1.82, 2.24) is 4.98 Å². The number of nitrogens with zero attached hydrogens (tertiary/aromatic N) is 2. The summed E-state index contributed by atoms with van der Waals surface area (Å²) in [6, 6.07) is 12.4. The number of pyridine rings is 1. The van der Waals surface area contributed by atoms with Crippen LogP contribution < -0.4 is 10.5 Å². The van der Waals surface area contributed by atoms with E-state index in [0.717, 1.165) is 18.0 Å². The highest BCUT2D eigenvalue weighted by molar-refractivity contribution is 8.30.